The molecule has 0 bridgehead atoms. The third kappa shape index (κ3) is 8.20. The number of hydrogen-bond acceptors (Lipinski definition) is 6. The Morgan fingerprint density at radius 2 is 1.17 bits per heavy atom. The Balaban J connectivity index is 1.97. The van der Waals surface area contributed by atoms with Crippen molar-refractivity contribution in [2.24, 2.45) is 0 Å². The zero-order chi connectivity index (χ0) is 30.5. The Bertz CT molecular complexity index is 1470. The summed E-state index contributed by atoms with van der Waals surface area (Å²) in [5.74, 6) is -6.74. The van der Waals surface area contributed by atoms with Crippen LogP contribution in [-0.2, 0) is 31.4 Å². The summed E-state index contributed by atoms with van der Waals surface area (Å²) < 4.78 is 88.2. The minimum atomic E-state index is -4.87. The van der Waals surface area contributed by atoms with Crippen molar-refractivity contribution in [3.63, 3.8) is 0 Å². The molecule has 0 aliphatic heterocycles. The van der Waals surface area contributed by atoms with Crippen molar-refractivity contribution >= 4 is 41.1 Å². The molecule has 0 aliphatic carbocycles. The molecule has 0 spiro atoms. The summed E-state index contributed by atoms with van der Waals surface area (Å²) in [4.78, 5) is 50.4. The minimum absolute atomic E-state index is 0.0454. The SMILES string of the molecule is O=C(O[C@H](C(=O)O)[C@H](OC(=O)c1cccc(C(F)(F)F)c1)C(=O)Nc1cccc(Cl)c1)c1cccc(C(F)(F)F)c1. The van der Waals surface area contributed by atoms with E-state index in [1.54, 1.807) is 0 Å². The van der Waals surface area contributed by atoms with E-state index in [1.165, 1.54) is 24.3 Å². The van der Waals surface area contributed by atoms with E-state index in [1.807, 2.05) is 0 Å². The van der Waals surface area contributed by atoms with Crippen LogP contribution >= 0.6 is 11.6 Å². The molecule has 3 aromatic rings. The van der Waals surface area contributed by atoms with Crippen molar-refractivity contribution in [2.45, 2.75) is 24.6 Å². The maximum absolute atomic E-state index is 13.1. The molecule has 8 nitrogen and oxygen atoms in total. The molecule has 216 valence electrons. The highest BCUT2D eigenvalue weighted by molar-refractivity contribution is 6.30. The van der Waals surface area contributed by atoms with Crippen LogP contribution in [0, 0.1) is 0 Å². The number of carbonyl (C=O) groups excluding carboxylic acids is 3. The number of hydrogen-bond donors (Lipinski definition) is 2. The molecular weight excluding hydrogens is 588 g/mol. The van der Waals surface area contributed by atoms with Crippen LogP contribution in [0.1, 0.15) is 31.8 Å². The molecule has 41 heavy (non-hydrogen) atoms. The number of carbonyl (C=O) groups is 4. The number of rotatable bonds is 8. The van der Waals surface area contributed by atoms with Crippen molar-refractivity contribution in [3.8, 4) is 0 Å². The quantitative estimate of drug-likeness (QED) is 0.245. The summed E-state index contributed by atoms with van der Waals surface area (Å²) in [6, 6.07) is 10.7. The maximum atomic E-state index is 13.1. The van der Waals surface area contributed by atoms with Crippen LogP contribution in [0.4, 0.5) is 32.0 Å². The highest BCUT2D eigenvalue weighted by atomic mass is 35.5. The second-order valence-corrected chi connectivity index (χ2v) is 8.58. The van der Waals surface area contributed by atoms with Gasteiger partial charge in [0.15, 0.2) is 0 Å². The van der Waals surface area contributed by atoms with Crippen LogP contribution < -0.4 is 5.32 Å². The van der Waals surface area contributed by atoms with Gasteiger partial charge in [-0.05, 0) is 54.6 Å². The van der Waals surface area contributed by atoms with E-state index in [0.29, 0.717) is 24.3 Å². The first kappa shape index (κ1) is 30.9. The molecule has 0 aliphatic rings. The number of anilines is 1. The van der Waals surface area contributed by atoms with Gasteiger partial charge in [0.1, 0.15) is 0 Å². The first-order chi connectivity index (χ1) is 19.1. The van der Waals surface area contributed by atoms with Gasteiger partial charge in [0.25, 0.3) is 5.91 Å². The lowest BCUT2D eigenvalue weighted by atomic mass is 10.1. The zero-order valence-corrected chi connectivity index (χ0v) is 20.9. The predicted octanol–water partition coefficient (Wildman–Crippen LogP) is 5.85. The lowest BCUT2D eigenvalue weighted by molar-refractivity contribution is -0.157. The van der Waals surface area contributed by atoms with E-state index >= 15 is 0 Å². The molecule has 3 rings (SSSR count). The molecule has 2 atom stereocenters. The van der Waals surface area contributed by atoms with Crippen LogP contribution in [0.25, 0.3) is 0 Å². The lowest BCUT2D eigenvalue weighted by Gasteiger charge is -2.24. The van der Waals surface area contributed by atoms with Gasteiger partial charge in [0, 0.05) is 10.7 Å². The van der Waals surface area contributed by atoms with Crippen molar-refractivity contribution < 1.29 is 60.1 Å². The average molecular weight is 604 g/mol. The Morgan fingerprint density at radius 3 is 1.61 bits per heavy atom. The standard InChI is InChI=1S/C26H16ClF6NO7/c27-17-8-3-9-18(12-17)34-21(35)19(40-23(38)13-4-1-6-15(10-13)25(28,29)30)20(22(36)37)41-24(39)14-5-2-7-16(11-14)26(31,32)33/h1-12,19-20H,(H,34,35)(H,36,37)/t19-,20-/m0/s1. The normalized spacial score (nSPS) is 13.0. The Kier molecular flexibility index (Phi) is 9.28. The lowest BCUT2D eigenvalue weighted by Crippen LogP contribution is -2.48. The molecule has 0 saturated carbocycles. The largest absolute Gasteiger partial charge is 0.478 e. The third-order valence-electron chi connectivity index (χ3n) is 5.19. The van der Waals surface area contributed by atoms with Crippen LogP contribution in [-0.4, -0.2) is 41.1 Å². The number of esters is 2. The van der Waals surface area contributed by atoms with Crippen LogP contribution in [0.15, 0.2) is 72.8 Å². The summed E-state index contributed by atoms with van der Waals surface area (Å²) >= 11 is 5.85. The molecule has 0 saturated heterocycles. The molecule has 0 heterocycles. The molecule has 1 amide bonds. The average Bonchev–Trinajstić information content (AvgIpc) is 2.89. The molecule has 0 aromatic heterocycles. The van der Waals surface area contributed by atoms with E-state index < -0.39 is 70.6 Å². The van der Waals surface area contributed by atoms with Crippen molar-refractivity contribution in [1.29, 1.82) is 0 Å². The number of nitrogens with one attached hydrogen (secondary N) is 1. The molecule has 0 unspecified atom stereocenters. The highest BCUT2D eigenvalue weighted by Gasteiger charge is 2.42. The van der Waals surface area contributed by atoms with Crippen molar-refractivity contribution in [1.82, 2.24) is 0 Å². The molecule has 0 radical (unpaired) electrons. The second-order valence-electron chi connectivity index (χ2n) is 8.15. The maximum Gasteiger partial charge on any atom is 0.416 e. The van der Waals surface area contributed by atoms with Gasteiger partial charge in [0.05, 0.1) is 22.3 Å². The van der Waals surface area contributed by atoms with Gasteiger partial charge < -0.3 is 19.9 Å². The first-order valence-electron chi connectivity index (χ1n) is 11.1. The first-order valence-corrected chi connectivity index (χ1v) is 11.5. The minimum Gasteiger partial charge on any atom is -0.478 e. The number of ether oxygens (including phenoxy) is 2. The number of amides is 1. The Morgan fingerprint density at radius 1 is 0.707 bits per heavy atom. The smallest absolute Gasteiger partial charge is 0.416 e. The molecule has 2 N–H and O–H groups in total. The summed E-state index contributed by atoms with van der Waals surface area (Å²) in [7, 11) is 0. The number of alkyl halides is 6. The summed E-state index contributed by atoms with van der Waals surface area (Å²) in [6.07, 6.45) is -14.9. The Labute approximate surface area is 231 Å². The van der Waals surface area contributed by atoms with Gasteiger partial charge in [0.2, 0.25) is 12.2 Å². The molecular formula is C26H16ClF6NO7. The number of halogens is 7. The fourth-order valence-electron chi connectivity index (χ4n) is 3.29. The van der Waals surface area contributed by atoms with Crippen molar-refractivity contribution in [2.75, 3.05) is 5.32 Å². The van der Waals surface area contributed by atoms with Gasteiger partial charge >= 0.3 is 30.3 Å². The van der Waals surface area contributed by atoms with Gasteiger partial charge in [-0.3, -0.25) is 4.79 Å². The Hall–Kier alpha value is -4.59. The van der Waals surface area contributed by atoms with E-state index in [0.717, 1.165) is 24.3 Å². The topological polar surface area (TPSA) is 119 Å². The molecule has 3 aromatic carbocycles. The van der Waals surface area contributed by atoms with Crippen LogP contribution in [0.5, 0.6) is 0 Å². The monoisotopic (exact) mass is 603 g/mol. The fraction of sp³-hybridized carbons (Fsp3) is 0.154. The number of aliphatic carboxylic acids is 1. The molecule has 0 fully saturated rings. The highest BCUT2D eigenvalue weighted by Crippen LogP contribution is 2.31. The van der Waals surface area contributed by atoms with Crippen LogP contribution in [0.3, 0.4) is 0 Å². The predicted molar refractivity (Wildman–Crippen MR) is 129 cm³/mol. The fourth-order valence-corrected chi connectivity index (χ4v) is 3.48. The summed E-state index contributed by atoms with van der Waals surface area (Å²) in [5.41, 5.74) is -4.09. The van der Waals surface area contributed by atoms with E-state index in [4.69, 9.17) is 21.1 Å². The number of carboxylic acids is 1. The van der Waals surface area contributed by atoms with Gasteiger partial charge in [-0.25, -0.2) is 14.4 Å². The summed E-state index contributed by atoms with van der Waals surface area (Å²) in [6.45, 7) is 0. The van der Waals surface area contributed by atoms with Gasteiger partial charge in [-0.15, -0.1) is 0 Å². The van der Waals surface area contributed by atoms with Crippen molar-refractivity contribution in [3.05, 3.63) is 100 Å². The van der Waals surface area contributed by atoms with Crippen LogP contribution in [0.2, 0.25) is 5.02 Å². The number of carboxylic acid groups (broad SMARTS) is 1. The summed E-state index contributed by atoms with van der Waals surface area (Å²) in [5, 5.41) is 12.0. The zero-order valence-electron chi connectivity index (χ0n) is 20.1. The third-order valence-corrected chi connectivity index (χ3v) is 5.42. The van der Waals surface area contributed by atoms with Gasteiger partial charge in [-0.1, -0.05) is 29.8 Å². The van der Waals surface area contributed by atoms with Gasteiger partial charge in [-0.2, -0.15) is 26.3 Å². The number of benzene rings is 3. The van der Waals surface area contributed by atoms with E-state index in [-0.39, 0.29) is 10.7 Å². The second kappa shape index (κ2) is 12.3. The molecule has 15 heteroatoms. The van der Waals surface area contributed by atoms with E-state index in [2.05, 4.69) is 5.32 Å². The van der Waals surface area contributed by atoms with E-state index in [9.17, 15) is 50.6 Å².